The smallest absolute Gasteiger partial charge is 0.244 e. The van der Waals surface area contributed by atoms with Crippen LogP contribution in [-0.4, -0.2) is 47.2 Å². The SMILES string of the molecule is COc1ccc(/C(C)=C/C(=O)NCC(OC)OC)c(OC)c1. The number of methoxy groups -OCH3 is 4. The van der Waals surface area contributed by atoms with Crippen molar-refractivity contribution < 1.29 is 23.7 Å². The second-order valence-corrected chi connectivity index (χ2v) is 4.54. The Hall–Kier alpha value is -2.05. The minimum absolute atomic E-state index is 0.227. The largest absolute Gasteiger partial charge is 0.497 e. The normalized spacial score (nSPS) is 11.5. The molecular weight excluding hydrogens is 286 g/mol. The molecule has 122 valence electrons. The van der Waals surface area contributed by atoms with Crippen LogP contribution in [0.5, 0.6) is 11.5 Å². The molecular formula is C16H23NO5. The molecule has 1 rings (SSSR count). The lowest BCUT2D eigenvalue weighted by Crippen LogP contribution is -2.33. The van der Waals surface area contributed by atoms with Gasteiger partial charge in [0.15, 0.2) is 6.29 Å². The molecule has 1 aromatic rings. The number of rotatable bonds is 8. The van der Waals surface area contributed by atoms with E-state index in [0.29, 0.717) is 11.5 Å². The van der Waals surface area contributed by atoms with Gasteiger partial charge in [-0.05, 0) is 24.6 Å². The van der Waals surface area contributed by atoms with Crippen molar-refractivity contribution >= 4 is 11.5 Å². The molecule has 22 heavy (non-hydrogen) atoms. The number of hydrogen-bond acceptors (Lipinski definition) is 5. The van der Waals surface area contributed by atoms with E-state index in [1.54, 1.807) is 20.3 Å². The third-order valence-corrected chi connectivity index (χ3v) is 3.15. The van der Waals surface area contributed by atoms with Gasteiger partial charge in [-0.1, -0.05) is 0 Å². The molecule has 0 bridgehead atoms. The lowest BCUT2D eigenvalue weighted by atomic mass is 10.1. The first-order valence-corrected chi connectivity index (χ1v) is 6.79. The van der Waals surface area contributed by atoms with E-state index in [9.17, 15) is 4.79 Å². The van der Waals surface area contributed by atoms with Crippen LogP contribution in [0.1, 0.15) is 12.5 Å². The van der Waals surface area contributed by atoms with Crippen molar-refractivity contribution in [3.05, 3.63) is 29.8 Å². The molecule has 0 unspecified atom stereocenters. The average molecular weight is 309 g/mol. The molecule has 0 saturated heterocycles. The highest BCUT2D eigenvalue weighted by Gasteiger charge is 2.10. The van der Waals surface area contributed by atoms with Gasteiger partial charge in [0.25, 0.3) is 0 Å². The summed E-state index contributed by atoms with van der Waals surface area (Å²) in [6, 6.07) is 5.44. The molecule has 0 saturated carbocycles. The van der Waals surface area contributed by atoms with Crippen LogP contribution in [-0.2, 0) is 14.3 Å². The maximum absolute atomic E-state index is 11.9. The van der Waals surface area contributed by atoms with Gasteiger partial charge >= 0.3 is 0 Å². The molecule has 0 heterocycles. The number of amides is 1. The lowest BCUT2D eigenvalue weighted by molar-refractivity contribution is -0.123. The van der Waals surface area contributed by atoms with Gasteiger partial charge in [0.2, 0.25) is 5.91 Å². The number of hydrogen-bond donors (Lipinski definition) is 1. The molecule has 6 heteroatoms. The summed E-state index contributed by atoms with van der Waals surface area (Å²) in [5.74, 6) is 1.11. The van der Waals surface area contributed by atoms with E-state index in [2.05, 4.69) is 5.32 Å². The Morgan fingerprint density at radius 1 is 1.18 bits per heavy atom. The third kappa shape index (κ3) is 5.05. The van der Waals surface area contributed by atoms with Crippen molar-refractivity contribution in [3.63, 3.8) is 0 Å². The lowest BCUT2D eigenvalue weighted by Gasteiger charge is -2.14. The van der Waals surface area contributed by atoms with Crippen LogP contribution in [0.15, 0.2) is 24.3 Å². The fraction of sp³-hybridized carbons (Fsp3) is 0.438. The van der Waals surface area contributed by atoms with Gasteiger partial charge in [0.05, 0.1) is 20.8 Å². The fourth-order valence-corrected chi connectivity index (χ4v) is 1.90. The summed E-state index contributed by atoms with van der Waals surface area (Å²) in [4.78, 5) is 11.9. The predicted octanol–water partition coefficient (Wildman–Crippen LogP) is 1.84. The van der Waals surface area contributed by atoms with Crippen LogP contribution in [0.3, 0.4) is 0 Å². The minimum Gasteiger partial charge on any atom is -0.497 e. The molecule has 6 nitrogen and oxygen atoms in total. The summed E-state index contributed by atoms with van der Waals surface area (Å²) >= 11 is 0. The maximum atomic E-state index is 11.9. The summed E-state index contributed by atoms with van der Waals surface area (Å²) in [5.41, 5.74) is 1.61. The Kier molecular flexibility index (Phi) is 7.42. The van der Waals surface area contributed by atoms with Crippen molar-refractivity contribution in [2.75, 3.05) is 35.0 Å². The van der Waals surface area contributed by atoms with Gasteiger partial charge in [-0.25, -0.2) is 0 Å². The summed E-state index contributed by atoms with van der Waals surface area (Å²) in [7, 11) is 6.20. The molecule has 0 aliphatic rings. The monoisotopic (exact) mass is 309 g/mol. The molecule has 0 atom stereocenters. The molecule has 0 spiro atoms. The van der Waals surface area contributed by atoms with Crippen LogP contribution in [0, 0.1) is 0 Å². The van der Waals surface area contributed by atoms with Crippen LogP contribution >= 0.6 is 0 Å². The minimum atomic E-state index is -0.465. The second-order valence-electron chi connectivity index (χ2n) is 4.54. The Morgan fingerprint density at radius 2 is 1.86 bits per heavy atom. The highest BCUT2D eigenvalue weighted by Crippen LogP contribution is 2.29. The Balaban J connectivity index is 2.81. The zero-order valence-corrected chi connectivity index (χ0v) is 13.6. The van der Waals surface area contributed by atoms with Crippen LogP contribution in [0.2, 0.25) is 0 Å². The first kappa shape index (κ1) is 18.0. The number of allylic oxidation sites excluding steroid dienone is 1. The molecule has 0 aliphatic heterocycles. The summed E-state index contributed by atoms with van der Waals surface area (Å²) < 4.78 is 20.5. The van der Waals surface area contributed by atoms with Crippen molar-refractivity contribution in [3.8, 4) is 11.5 Å². The number of carbonyl (C=O) groups is 1. The highest BCUT2D eigenvalue weighted by atomic mass is 16.7. The molecule has 0 aromatic heterocycles. The number of ether oxygens (including phenoxy) is 4. The quantitative estimate of drug-likeness (QED) is 0.586. The van der Waals surface area contributed by atoms with Crippen molar-refractivity contribution in [1.82, 2.24) is 5.32 Å². The fourth-order valence-electron chi connectivity index (χ4n) is 1.90. The number of carbonyl (C=O) groups excluding carboxylic acids is 1. The van der Waals surface area contributed by atoms with Crippen LogP contribution < -0.4 is 14.8 Å². The van der Waals surface area contributed by atoms with Crippen molar-refractivity contribution in [2.45, 2.75) is 13.2 Å². The van der Waals surface area contributed by atoms with E-state index < -0.39 is 6.29 Å². The Bertz CT molecular complexity index is 523. The predicted molar refractivity (Wildman–Crippen MR) is 84.0 cm³/mol. The van der Waals surface area contributed by atoms with Crippen molar-refractivity contribution in [2.24, 2.45) is 0 Å². The first-order valence-electron chi connectivity index (χ1n) is 6.79. The zero-order valence-electron chi connectivity index (χ0n) is 13.6. The second kappa shape index (κ2) is 9.07. The van der Waals surface area contributed by atoms with E-state index >= 15 is 0 Å². The molecule has 0 fully saturated rings. The van der Waals surface area contributed by atoms with Crippen LogP contribution in [0.25, 0.3) is 5.57 Å². The molecule has 0 radical (unpaired) electrons. The van der Waals surface area contributed by atoms with E-state index in [1.807, 2.05) is 19.1 Å². The van der Waals surface area contributed by atoms with E-state index in [-0.39, 0.29) is 12.5 Å². The van der Waals surface area contributed by atoms with Gasteiger partial charge in [0, 0.05) is 31.9 Å². The molecule has 1 N–H and O–H groups in total. The van der Waals surface area contributed by atoms with Gasteiger partial charge in [0.1, 0.15) is 11.5 Å². The molecule has 0 aliphatic carbocycles. The Morgan fingerprint density at radius 3 is 2.41 bits per heavy atom. The number of benzene rings is 1. The van der Waals surface area contributed by atoms with E-state index in [0.717, 1.165) is 11.1 Å². The standard InChI is InChI=1S/C16H23NO5/c1-11(8-15(18)17-10-16(21-4)22-5)13-7-6-12(19-2)9-14(13)20-3/h6-9,16H,10H2,1-5H3,(H,17,18)/b11-8+. The van der Waals surface area contributed by atoms with Gasteiger partial charge in [-0.15, -0.1) is 0 Å². The van der Waals surface area contributed by atoms with Gasteiger partial charge < -0.3 is 24.3 Å². The van der Waals surface area contributed by atoms with E-state index in [1.165, 1.54) is 20.3 Å². The third-order valence-electron chi connectivity index (χ3n) is 3.15. The van der Waals surface area contributed by atoms with Gasteiger partial charge in [-0.3, -0.25) is 4.79 Å². The topological polar surface area (TPSA) is 66.0 Å². The summed E-state index contributed by atoms with van der Waals surface area (Å²) in [6.45, 7) is 2.11. The molecule has 1 amide bonds. The summed E-state index contributed by atoms with van der Waals surface area (Å²) in [6.07, 6.45) is 1.04. The zero-order chi connectivity index (χ0) is 16.5. The average Bonchev–Trinajstić information content (AvgIpc) is 2.54. The van der Waals surface area contributed by atoms with E-state index in [4.69, 9.17) is 18.9 Å². The summed E-state index contributed by atoms with van der Waals surface area (Å²) in [5, 5.41) is 2.71. The van der Waals surface area contributed by atoms with Gasteiger partial charge in [-0.2, -0.15) is 0 Å². The van der Waals surface area contributed by atoms with Crippen LogP contribution in [0.4, 0.5) is 0 Å². The molecule has 1 aromatic carbocycles. The highest BCUT2D eigenvalue weighted by molar-refractivity contribution is 5.95. The first-order chi connectivity index (χ1) is 10.5. The number of nitrogens with one attached hydrogen (secondary N) is 1. The maximum Gasteiger partial charge on any atom is 0.244 e. The van der Waals surface area contributed by atoms with Crippen molar-refractivity contribution in [1.29, 1.82) is 0 Å². The Labute approximate surface area is 131 Å².